The third-order valence-electron chi connectivity index (χ3n) is 3.16. The van der Waals surface area contributed by atoms with E-state index in [-0.39, 0.29) is 13.5 Å². The van der Waals surface area contributed by atoms with Gasteiger partial charge in [0.2, 0.25) is 0 Å². The van der Waals surface area contributed by atoms with Gasteiger partial charge >= 0.3 is 0 Å². The molecule has 0 atom stereocenters. The van der Waals surface area contributed by atoms with Crippen molar-refractivity contribution < 1.29 is 0 Å². The van der Waals surface area contributed by atoms with Gasteiger partial charge in [-0.15, -0.1) is 0 Å². The number of rotatable bonds is 9. The molecule has 0 aliphatic carbocycles. The van der Waals surface area contributed by atoms with Crippen molar-refractivity contribution in [2.45, 2.75) is 64.7 Å². The molecule has 0 unspecified atom stereocenters. The maximum absolute atomic E-state index is 2.28. The molecule has 1 rings (SSSR count). The Morgan fingerprint density at radius 1 is 0.706 bits per heavy atom. The van der Waals surface area contributed by atoms with E-state index in [2.05, 4.69) is 37.3 Å². The summed E-state index contributed by atoms with van der Waals surface area (Å²) in [5.41, 5.74) is 1.49. The summed E-state index contributed by atoms with van der Waals surface area (Å²) >= 11 is 0. The van der Waals surface area contributed by atoms with Gasteiger partial charge in [-0.25, -0.2) is 0 Å². The first-order valence-electron chi connectivity index (χ1n) is 6.97. The molecular weight excluding hydrogens is 224 g/mol. The summed E-state index contributed by atoms with van der Waals surface area (Å²) in [4.78, 5) is 0. The van der Waals surface area contributed by atoms with Gasteiger partial charge in [-0.3, -0.25) is 0 Å². The van der Waals surface area contributed by atoms with Crippen LogP contribution in [0, 0.1) is 0 Å². The lowest BCUT2D eigenvalue weighted by molar-refractivity contribution is 0.575. The van der Waals surface area contributed by atoms with Crippen LogP contribution in [0.3, 0.4) is 0 Å². The molecule has 0 fully saturated rings. The van der Waals surface area contributed by atoms with Crippen LogP contribution in [0.2, 0.25) is 0 Å². The molecule has 1 aromatic rings. The molecule has 0 N–H and O–H groups in total. The third kappa shape index (κ3) is 9.29. The minimum absolute atomic E-state index is 0. The summed E-state index contributed by atoms with van der Waals surface area (Å²) in [6.45, 7) is 2.28. The summed E-state index contributed by atoms with van der Waals surface area (Å²) in [5.74, 6) is 0. The van der Waals surface area contributed by atoms with Crippen molar-refractivity contribution in [3.63, 3.8) is 0 Å². The molecule has 0 saturated heterocycles. The van der Waals surface area contributed by atoms with Gasteiger partial charge in [-0.1, -0.05) is 82.2 Å². The van der Waals surface area contributed by atoms with Crippen molar-refractivity contribution in [2.24, 2.45) is 0 Å². The Balaban J connectivity index is 0.00000256. The van der Waals surface area contributed by atoms with Crippen molar-refractivity contribution in [3.8, 4) is 0 Å². The van der Waals surface area contributed by atoms with Crippen LogP contribution in [-0.2, 0) is 6.42 Å². The van der Waals surface area contributed by atoms with Gasteiger partial charge in [-0.2, -0.15) is 13.5 Å². The van der Waals surface area contributed by atoms with Crippen LogP contribution in [0.1, 0.15) is 63.9 Å². The highest BCUT2D eigenvalue weighted by Crippen LogP contribution is 2.10. The van der Waals surface area contributed by atoms with E-state index in [1.165, 1.54) is 63.4 Å². The molecule has 98 valence electrons. The summed E-state index contributed by atoms with van der Waals surface area (Å²) < 4.78 is 0. The second-order valence-electron chi connectivity index (χ2n) is 4.71. The number of unbranched alkanes of at least 4 members (excludes halogenated alkanes) is 7. The third-order valence-corrected chi connectivity index (χ3v) is 3.16. The van der Waals surface area contributed by atoms with Crippen molar-refractivity contribution in [3.05, 3.63) is 35.9 Å². The van der Waals surface area contributed by atoms with E-state index in [9.17, 15) is 0 Å². The molecule has 17 heavy (non-hydrogen) atoms. The zero-order valence-corrected chi connectivity index (χ0v) is 12.3. The monoisotopic (exact) mass is 252 g/mol. The molecule has 0 saturated carbocycles. The zero-order chi connectivity index (χ0) is 11.5. The van der Waals surface area contributed by atoms with Crippen LogP contribution >= 0.6 is 13.5 Å². The maximum Gasteiger partial charge on any atom is -0.0279 e. The normalized spacial score (nSPS) is 9.94. The number of benzene rings is 1. The Bertz CT molecular complexity index is 243. The zero-order valence-electron chi connectivity index (χ0n) is 11.3. The number of hydrogen-bond acceptors (Lipinski definition) is 0. The molecule has 0 amide bonds. The van der Waals surface area contributed by atoms with Crippen LogP contribution in [-0.4, -0.2) is 0 Å². The molecule has 0 aliphatic heterocycles. The van der Waals surface area contributed by atoms with Gasteiger partial charge in [0, 0.05) is 0 Å². The van der Waals surface area contributed by atoms with Crippen LogP contribution in [0.5, 0.6) is 0 Å². The Morgan fingerprint density at radius 2 is 1.24 bits per heavy atom. The number of aryl methyl sites for hydroxylation is 1. The Kier molecular flexibility index (Phi) is 11.7. The largest absolute Gasteiger partial charge is 0.197 e. The smallest absolute Gasteiger partial charge is 0.0279 e. The molecule has 0 heterocycles. The first kappa shape index (κ1) is 16.6. The fourth-order valence-electron chi connectivity index (χ4n) is 2.11. The van der Waals surface area contributed by atoms with Gasteiger partial charge < -0.3 is 0 Å². The summed E-state index contributed by atoms with van der Waals surface area (Å²) in [7, 11) is 0. The van der Waals surface area contributed by atoms with E-state index >= 15 is 0 Å². The summed E-state index contributed by atoms with van der Waals surface area (Å²) in [5, 5.41) is 0. The van der Waals surface area contributed by atoms with E-state index in [0.29, 0.717) is 0 Å². The number of hydrogen-bond donors (Lipinski definition) is 0. The van der Waals surface area contributed by atoms with Gasteiger partial charge in [0.15, 0.2) is 0 Å². The Morgan fingerprint density at radius 3 is 1.82 bits per heavy atom. The van der Waals surface area contributed by atoms with Crippen LogP contribution in [0.15, 0.2) is 30.3 Å². The standard InChI is InChI=1S/C16H26.H2S/c1-2-3-4-5-6-7-8-10-13-16-14-11-9-12-15-16;/h9,11-12,14-15H,2-8,10,13H2,1H3;1H2. The fraction of sp³-hybridized carbons (Fsp3) is 0.625. The predicted molar refractivity (Wildman–Crippen MR) is 83.1 cm³/mol. The maximum atomic E-state index is 2.28. The van der Waals surface area contributed by atoms with E-state index in [1.54, 1.807) is 0 Å². The summed E-state index contributed by atoms with van der Waals surface area (Å²) in [6, 6.07) is 10.8. The van der Waals surface area contributed by atoms with Gasteiger partial charge in [-0.05, 0) is 18.4 Å². The predicted octanol–water partition coefficient (Wildman–Crippen LogP) is 5.48. The minimum Gasteiger partial charge on any atom is -0.197 e. The highest BCUT2D eigenvalue weighted by atomic mass is 32.1. The fourth-order valence-corrected chi connectivity index (χ4v) is 2.11. The van der Waals surface area contributed by atoms with Crippen molar-refractivity contribution in [1.82, 2.24) is 0 Å². The first-order valence-corrected chi connectivity index (χ1v) is 6.97. The van der Waals surface area contributed by atoms with Crippen molar-refractivity contribution in [2.75, 3.05) is 0 Å². The Labute approximate surface area is 114 Å². The van der Waals surface area contributed by atoms with E-state index < -0.39 is 0 Å². The van der Waals surface area contributed by atoms with Gasteiger partial charge in [0.1, 0.15) is 0 Å². The first-order chi connectivity index (χ1) is 7.93. The topological polar surface area (TPSA) is 0 Å². The highest BCUT2D eigenvalue weighted by molar-refractivity contribution is 7.59. The molecule has 0 radical (unpaired) electrons. The van der Waals surface area contributed by atoms with Crippen LogP contribution in [0.25, 0.3) is 0 Å². The van der Waals surface area contributed by atoms with E-state index in [4.69, 9.17) is 0 Å². The quantitative estimate of drug-likeness (QED) is 0.510. The van der Waals surface area contributed by atoms with Crippen LogP contribution in [0.4, 0.5) is 0 Å². The average Bonchev–Trinajstić information content (AvgIpc) is 2.34. The van der Waals surface area contributed by atoms with E-state index in [0.717, 1.165) is 0 Å². The second kappa shape index (κ2) is 12.0. The van der Waals surface area contributed by atoms with Gasteiger partial charge in [0.25, 0.3) is 0 Å². The average molecular weight is 252 g/mol. The molecule has 0 aliphatic rings. The molecule has 0 spiro atoms. The van der Waals surface area contributed by atoms with Crippen LogP contribution < -0.4 is 0 Å². The lowest BCUT2D eigenvalue weighted by Gasteiger charge is -2.02. The second-order valence-corrected chi connectivity index (χ2v) is 4.71. The molecule has 1 aromatic carbocycles. The molecule has 0 aromatic heterocycles. The SMILES string of the molecule is CCCCCCCCCCc1ccccc1.S. The van der Waals surface area contributed by atoms with Gasteiger partial charge in [0.05, 0.1) is 0 Å². The minimum atomic E-state index is 0. The van der Waals surface area contributed by atoms with Crippen molar-refractivity contribution in [1.29, 1.82) is 0 Å². The van der Waals surface area contributed by atoms with Crippen molar-refractivity contribution >= 4 is 13.5 Å². The molecule has 0 nitrogen and oxygen atoms in total. The summed E-state index contributed by atoms with van der Waals surface area (Å²) in [6.07, 6.45) is 12.5. The molecule has 1 heteroatoms. The highest BCUT2D eigenvalue weighted by Gasteiger charge is 1.93. The lowest BCUT2D eigenvalue weighted by atomic mass is 10.0. The molecule has 0 bridgehead atoms. The lowest BCUT2D eigenvalue weighted by Crippen LogP contribution is -1.85. The Hall–Kier alpha value is -0.430. The van der Waals surface area contributed by atoms with E-state index in [1.807, 2.05) is 0 Å². The molecular formula is C16H28S.